The second kappa shape index (κ2) is 9.54. The summed E-state index contributed by atoms with van der Waals surface area (Å²) in [6.07, 6.45) is 6.27. The third-order valence-electron chi connectivity index (χ3n) is 4.28. The molecule has 0 spiro atoms. The summed E-state index contributed by atoms with van der Waals surface area (Å²) in [6.45, 7) is 5.13. The SMILES string of the molecule is CC[C@H](C)NC(=O)CSc1ccc(S(=O)(=O)N2CCCCCC2)cn1. The van der Waals surface area contributed by atoms with E-state index in [2.05, 4.69) is 10.3 Å². The Balaban J connectivity index is 1.95. The second-order valence-electron chi connectivity index (χ2n) is 6.32. The van der Waals surface area contributed by atoms with Crippen LogP contribution in [0.15, 0.2) is 28.3 Å². The van der Waals surface area contributed by atoms with Crippen LogP contribution in [0.5, 0.6) is 0 Å². The molecule has 0 radical (unpaired) electrons. The van der Waals surface area contributed by atoms with Gasteiger partial charge in [-0.2, -0.15) is 4.31 Å². The van der Waals surface area contributed by atoms with Gasteiger partial charge < -0.3 is 5.32 Å². The van der Waals surface area contributed by atoms with E-state index in [1.54, 1.807) is 16.4 Å². The van der Waals surface area contributed by atoms with Crippen molar-refractivity contribution in [2.24, 2.45) is 0 Å². The molecule has 2 heterocycles. The van der Waals surface area contributed by atoms with Crippen LogP contribution in [0.2, 0.25) is 0 Å². The molecule has 0 saturated carbocycles. The number of rotatable bonds is 7. The van der Waals surface area contributed by atoms with Crippen LogP contribution in [-0.2, 0) is 14.8 Å². The lowest BCUT2D eigenvalue weighted by Gasteiger charge is -2.19. The number of amides is 1. The average Bonchev–Trinajstić information content (AvgIpc) is 2.90. The molecule has 0 aromatic carbocycles. The third-order valence-corrected chi connectivity index (χ3v) is 7.11. The lowest BCUT2D eigenvalue weighted by Crippen LogP contribution is -2.33. The largest absolute Gasteiger partial charge is 0.353 e. The summed E-state index contributed by atoms with van der Waals surface area (Å²) in [5, 5.41) is 3.54. The summed E-state index contributed by atoms with van der Waals surface area (Å²) in [6, 6.07) is 3.41. The van der Waals surface area contributed by atoms with E-state index in [4.69, 9.17) is 0 Å². The summed E-state index contributed by atoms with van der Waals surface area (Å²) in [5.74, 6) is 0.234. The van der Waals surface area contributed by atoms with E-state index in [0.717, 1.165) is 32.1 Å². The molecule has 1 amide bonds. The number of sulfonamides is 1. The molecule has 140 valence electrons. The fourth-order valence-corrected chi connectivity index (χ4v) is 4.71. The summed E-state index contributed by atoms with van der Waals surface area (Å²) >= 11 is 1.31. The molecule has 0 unspecified atom stereocenters. The van der Waals surface area contributed by atoms with Crippen LogP contribution in [0.4, 0.5) is 0 Å². The predicted octanol–water partition coefficient (Wildman–Crippen LogP) is 2.65. The summed E-state index contributed by atoms with van der Waals surface area (Å²) in [4.78, 5) is 16.2. The van der Waals surface area contributed by atoms with Crippen molar-refractivity contribution < 1.29 is 13.2 Å². The molecule has 25 heavy (non-hydrogen) atoms. The number of pyridine rings is 1. The Morgan fingerprint density at radius 1 is 1.28 bits per heavy atom. The standard InChI is InChI=1S/C17H27N3O3S2/c1-3-14(2)19-16(21)13-24-17-9-8-15(12-18-17)25(22,23)20-10-6-4-5-7-11-20/h8-9,12,14H,3-7,10-11,13H2,1-2H3,(H,19,21)/t14-/m0/s1. The van der Waals surface area contributed by atoms with Gasteiger partial charge in [-0.1, -0.05) is 31.5 Å². The van der Waals surface area contributed by atoms with Gasteiger partial charge >= 0.3 is 0 Å². The molecule has 1 fully saturated rings. The zero-order valence-electron chi connectivity index (χ0n) is 14.9. The lowest BCUT2D eigenvalue weighted by molar-refractivity contribution is -0.119. The fourth-order valence-electron chi connectivity index (χ4n) is 2.59. The predicted molar refractivity (Wildman–Crippen MR) is 100 cm³/mol. The first-order chi connectivity index (χ1) is 11.9. The van der Waals surface area contributed by atoms with E-state index in [1.807, 2.05) is 13.8 Å². The van der Waals surface area contributed by atoms with Crippen LogP contribution in [0.3, 0.4) is 0 Å². The minimum atomic E-state index is -3.47. The van der Waals surface area contributed by atoms with Crippen molar-refractivity contribution in [2.45, 2.75) is 61.9 Å². The minimum absolute atomic E-state index is 0.0394. The van der Waals surface area contributed by atoms with Crippen LogP contribution >= 0.6 is 11.8 Å². The monoisotopic (exact) mass is 385 g/mol. The van der Waals surface area contributed by atoms with Gasteiger partial charge in [0, 0.05) is 25.3 Å². The normalized spacial score (nSPS) is 17.7. The molecule has 1 aliphatic heterocycles. The number of hydrogen-bond acceptors (Lipinski definition) is 5. The van der Waals surface area contributed by atoms with Crippen molar-refractivity contribution in [1.82, 2.24) is 14.6 Å². The van der Waals surface area contributed by atoms with Crippen LogP contribution in [-0.4, -0.2) is 48.5 Å². The Morgan fingerprint density at radius 2 is 1.96 bits per heavy atom. The van der Waals surface area contributed by atoms with Gasteiger partial charge in [-0.05, 0) is 38.3 Å². The van der Waals surface area contributed by atoms with Gasteiger partial charge in [0.25, 0.3) is 0 Å². The molecule has 1 aliphatic rings. The molecule has 1 aromatic heterocycles. The van der Waals surface area contributed by atoms with E-state index < -0.39 is 10.0 Å². The van der Waals surface area contributed by atoms with E-state index in [0.29, 0.717) is 18.1 Å². The molecular weight excluding hydrogens is 358 g/mol. The topological polar surface area (TPSA) is 79.4 Å². The molecule has 0 aliphatic carbocycles. The first-order valence-corrected chi connectivity index (χ1v) is 11.2. The molecule has 0 bridgehead atoms. The highest BCUT2D eigenvalue weighted by atomic mass is 32.2. The van der Waals surface area contributed by atoms with Crippen molar-refractivity contribution in [3.63, 3.8) is 0 Å². The smallest absolute Gasteiger partial charge is 0.244 e. The van der Waals surface area contributed by atoms with Crippen molar-refractivity contribution in [2.75, 3.05) is 18.8 Å². The number of carbonyl (C=O) groups excluding carboxylic acids is 1. The number of thioether (sulfide) groups is 1. The molecule has 1 saturated heterocycles. The Morgan fingerprint density at radius 3 is 2.52 bits per heavy atom. The second-order valence-corrected chi connectivity index (χ2v) is 9.25. The first-order valence-electron chi connectivity index (χ1n) is 8.82. The Bertz CT molecular complexity index is 654. The maximum absolute atomic E-state index is 12.7. The van der Waals surface area contributed by atoms with Crippen molar-refractivity contribution in [3.05, 3.63) is 18.3 Å². The van der Waals surface area contributed by atoms with Gasteiger partial charge in [-0.15, -0.1) is 0 Å². The van der Waals surface area contributed by atoms with Gasteiger partial charge in [0.05, 0.1) is 10.8 Å². The number of hydrogen-bond donors (Lipinski definition) is 1. The molecule has 1 aromatic rings. The highest BCUT2D eigenvalue weighted by molar-refractivity contribution is 7.99. The molecule has 1 atom stereocenters. The van der Waals surface area contributed by atoms with Gasteiger partial charge in [-0.3, -0.25) is 4.79 Å². The Hall–Kier alpha value is -1.12. The Kier molecular flexibility index (Phi) is 7.71. The van der Waals surface area contributed by atoms with Crippen molar-refractivity contribution in [1.29, 1.82) is 0 Å². The molecular formula is C17H27N3O3S2. The van der Waals surface area contributed by atoms with E-state index in [-0.39, 0.29) is 22.6 Å². The fraction of sp³-hybridized carbons (Fsp3) is 0.647. The average molecular weight is 386 g/mol. The maximum Gasteiger partial charge on any atom is 0.244 e. The van der Waals surface area contributed by atoms with Crippen LogP contribution in [0.25, 0.3) is 0 Å². The highest BCUT2D eigenvalue weighted by Crippen LogP contribution is 2.22. The van der Waals surface area contributed by atoms with Crippen LogP contribution < -0.4 is 5.32 Å². The summed E-state index contributed by atoms with van der Waals surface area (Å²) < 4.78 is 26.9. The first kappa shape index (κ1) is 20.2. The zero-order chi connectivity index (χ0) is 18.3. The summed E-state index contributed by atoms with van der Waals surface area (Å²) in [5.41, 5.74) is 0. The van der Waals surface area contributed by atoms with Gasteiger partial charge in [0.2, 0.25) is 15.9 Å². The number of aromatic nitrogens is 1. The number of nitrogens with one attached hydrogen (secondary N) is 1. The third kappa shape index (κ3) is 5.97. The van der Waals surface area contributed by atoms with E-state index in [9.17, 15) is 13.2 Å². The quantitative estimate of drug-likeness (QED) is 0.730. The van der Waals surface area contributed by atoms with Crippen LogP contribution in [0, 0.1) is 0 Å². The summed E-state index contributed by atoms with van der Waals surface area (Å²) in [7, 11) is -3.47. The van der Waals surface area contributed by atoms with E-state index >= 15 is 0 Å². The molecule has 2 rings (SSSR count). The number of carbonyl (C=O) groups is 1. The highest BCUT2D eigenvalue weighted by Gasteiger charge is 2.25. The van der Waals surface area contributed by atoms with Crippen LogP contribution in [0.1, 0.15) is 46.0 Å². The zero-order valence-corrected chi connectivity index (χ0v) is 16.5. The molecule has 6 nitrogen and oxygen atoms in total. The minimum Gasteiger partial charge on any atom is -0.353 e. The maximum atomic E-state index is 12.7. The van der Waals surface area contributed by atoms with Crippen molar-refractivity contribution >= 4 is 27.7 Å². The number of nitrogens with zero attached hydrogens (tertiary/aromatic N) is 2. The lowest BCUT2D eigenvalue weighted by atomic mass is 10.2. The Labute approximate surface area is 154 Å². The van der Waals surface area contributed by atoms with Gasteiger partial charge in [0.15, 0.2) is 0 Å². The van der Waals surface area contributed by atoms with E-state index in [1.165, 1.54) is 18.0 Å². The van der Waals surface area contributed by atoms with Crippen molar-refractivity contribution in [3.8, 4) is 0 Å². The molecule has 8 heteroatoms. The van der Waals surface area contributed by atoms with Gasteiger partial charge in [-0.25, -0.2) is 13.4 Å². The van der Waals surface area contributed by atoms with Gasteiger partial charge in [0.1, 0.15) is 4.90 Å². The molecule has 1 N–H and O–H groups in total.